The van der Waals surface area contributed by atoms with Gasteiger partial charge < -0.3 is 25.0 Å². The number of aromatic nitrogens is 2. The van der Waals surface area contributed by atoms with Crippen molar-refractivity contribution in [2.75, 3.05) is 43.1 Å². The number of carbonyl (C=O) groups is 1. The first-order valence-corrected chi connectivity index (χ1v) is 16.8. The molecule has 0 spiro atoms. The van der Waals surface area contributed by atoms with Gasteiger partial charge in [-0.3, -0.25) is 14.7 Å². The third kappa shape index (κ3) is 4.15. The molecule has 4 fully saturated rings. The second kappa shape index (κ2) is 10.4. The quantitative estimate of drug-likeness (QED) is 0.296. The Bertz CT molecular complexity index is 1930. The molecule has 2 aromatic heterocycles. The number of aromatic hydroxyl groups is 1. The Hall–Kier alpha value is -3.73. The molecule has 0 aliphatic carbocycles. The Morgan fingerprint density at radius 1 is 1.17 bits per heavy atom. The number of halogens is 2. The zero-order valence-electron chi connectivity index (χ0n) is 25.7. The van der Waals surface area contributed by atoms with Crippen LogP contribution in [0, 0.1) is 5.82 Å². The van der Waals surface area contributed by atoms with Crippen LogP contribution in [0.15, 0.2) is 36.5 Å². The Morgan fingerprint density at radius 3 is 2.83 bits per heavy atom. The highest BCUT2D eigenvalue weighted by atomic mass is 35.5. The molecule has 46 heavy (non-hydrogen) atoms. The van der Waals surface area contributed by atoms with E-state index < -0.39 is 5.82 Å². The molecule has 9 nitrogen and oxygen atoms in total. The third-order valence-electron chi connectivity index (χ3n) is 11.3. The molecule has 2 aromatic carbocycles. The number of phenolic OH excluding ortho intramolecular Hbond substituents is 1. The van der Waals surface area contributed by atoms with Crippen molar-refractivity contribution in [3.8, 4) is 22.9 Å². The summed E-state index contributed by atoms with van der Waals surface area (Å²) in [6.45, 7) is 3.24. The molecule has 0 saturated carbocycles. The number of benzene rings is 2. The number of piperazine rings is 1. The fourth-order valence-electron chi connectivity index (χ4n) is 9.08. The van der Waals surface area contributed by atoms with Crippen molar-refractivity contribution in [2.24, 2.45) is 0 Å². The number of anilines is 2. The summed E-state index contributed by atoms with van der Waals surface area (Å²) in [5, 5.41) is 16.6. The average molecular weight is 643 g/mol. The van der Waals surface area contributed by atoms with E-state index in [-0.39, 0.29) is 52.4 Å². The maximum absolute atomic E-state index is 17.1. The van der Waals surface area contributed by atoms with Gasteiger partial charge in [-0.1, -0.05) is 23.7 Å². The number of ether oxygens (including phenoxy) is 1. The minimum Gasteiger partial charge on any atom is -0.508 e. The van der Waals surface area contributed by atoms with E-state index in [0.717, 1.165) is 57.3 Å². The molecule has 2 N–H and O–H groups in total. The Morgan fingerprint density at radius 2 is 2.00 bits per heavy atom. The average Bonchev–Trinajstić information content (AvgIpc) is 3.73. The van der Waals surface area contributed by atoms with Gasteiger partial charge in [-0.2, -0.15) is 0 Å². The van der Waals surface area contributed by atoms with Crippen LogP contribution in [0.1, 0.15) is 44.9 Å². The number of amides is 1. The number of phenols is 1. The van der Waals surface area contributed by atoms with Crippen LogP contribution in [0.3, 0.4) is 0 Å². The number of hydrogen-bond donors (Lipinski definition) is 2. The van der Waals surface area contributed by atoms with Crippen LogP contribution in [-0.2, 0) is 4.79 Å². The molecule has 9 rings (SSSR count). The molecule has 3 atom stereocenters. The number of hydrogen-bond acceptors (Lipinski definition) is 8. The summed E-state index contributed by atoms with van der Waals surface area (Å²) in [4.78, 5) is 29.8. The van der Waals surface area contributed by atoms with E-state index in [1.165, 1.54) is 6.07 Å². The van der Waals surface area contributed by atoms with E-state index in [1.54, 1.807) is 36.3 Å². The zero-order chi connectivity index (χ0) is 31.3. The molecule has 0 radical (unpaired) electrons. The van der Waals surface area contributed by atoms with Crippen molar-refractivity contribution in [1.29, 1.82) is 0 Å². The topological polar surface area (TPSA) is 94.1 Å². The van der Waals surface area contributed by atoms with Gasteiger partial charge in [-0.05, 0) is 75.2 Å². The molecule has 1 amide bonds. The zero-order valence-corrected chi connectivity index (χ0v) is 26.5. The molecule has 11 heteroatoms. The number of nitrogens with zero attached hydrogens (tertiary/aromatic N) is 5. The highest BCUT2D eigenvalue weighted by Gasteiger charge is 2.48. The van der Waals surface area contributed by atoms with Crippen LogP contribution >= 0.6 is 11.6 Å². The van der Waals surface area contributed by atoms with Gasteiger partial charge in [-0.25, -0.2) is 9.37 Å². The normalized spacial score (nSPS) is 25.2. The SMILES string of the molecule is CN1C(=O)CC2C3CCC(CN2c2c1c(OCC14CCCN1CCC4)nc1c(F)c(-c4cc(O)cc5cccc(Cl)c45)ncc21)N3. The van der Waals surface area contributed by atoms with E-state index in [4.69, 9.17) is 21.3 Å². The van der Waals surface area contributed by atoms with Crippen molar-refractivity contribution in [2.45, 2.75) is 68.6 Å². The van der Waals surface area contributed by atoms with Crippen molar-refractivity contribution in [3.63, 3.8) is 0 Å². The number of rotatable bonds is 4. The van der Waals surface area contributed by atoms with Crippen molar-refractivity contribution in [3.05, 3.63) is 47.4 Å². The second-order valence-corrected chi connectivity index (χ2v) is 14.2. The highest BCUT2D eigenvalue weighted by Crippen LogP contribution is 2.50. The summed E-state index contributed by atoms with van der Waals surface area (Å²) in [5.41, 5.74) is 1.83. The summed E-state index contributed by atoms with van der Waals surface area (Å²) in [5.74, 6) is -0.375. The van der Waals surface area contributed by atoms with Crippen LogP contribution in [0.25, 0.3) is 32.9 Å². The smallest absolute Gasteiger partial charge is 0.240 e. The van der Waals surface area contributed by atoms with Gasteiger partial charge >= 0.3 is 0 Å². The van der Waals surface area contributed by atoms with Crippen molar-refractivity contribution in [1.82, 2.24) is 20.2 Å². The Balaban J connectivity index is 1.28. The van der Waals surface area contributed by atoms with Crippen LogP contribution in [0.4, 0.5) is 15.8 Å². The Kier molecular flexibility index (Phi) is 6.43. The first-order valence-electron chi connectivity index (χ1n) is 16.4. The van der Waals surface area contributed by atoms with Crippen LogP contribution < -0.4 is 19.9 Å². The van der Waals surface area contributed by atoms with E-state index in [1.807, 2.05) is 6.07 Å². The summed E-state index contributed by atoms with van der Waals surface area (Å²) in [6, 6.07) is 8.83. The van der Waals surface area contributed by atoms with Crippen LogP contribution in [-0.4, -0.2) is 82.8 Å². The van der Waals surface area contributed by atoms with Gasteiger partial charge in [0, 0.05) is 59.7 Å². The molecule has 238 valence electrons. The second-order valence-electron chi connectivity index (χ2n) is 13.8. The highest BCUT2D eigenvalue weighted by molar-refractivity contribution is 6.36. The van der Waals surface area contributed by atoms with E-state index in [0.29, 0.717) is 52.0 Å². The fraction of sp³-hybridized carbons (Fsp3) is 0.457. The van der Waals surface area contributed by atoms with Gasteiger partial charge in [0.25, 0.3) is 0 Å². The molecule has 7 heterocycles. The van der Waals surface area contributed by atoms with Gasteiger partial charge in [-0.15, -0.1) is 0 Å². The molecule has 3 unspecified atom stereocenters. The lowest BCUT2D eigenvalue weighted by Crippen LogP contribution is -2.58. The summed E-state index contributed by atoms with van der Waals surface area (Å²) in [7, 11) is 1.78. The summed E-state index contributed by atoms with van der Waals surface area (Å²) < 4.78 is 23.8. The maximum Gasteiger partial charge on any atom is 0.240 e. The van der Waals surface area contributed by atoms with Gasteiger partial charge in [0.1, 0.15) is 29.3 Å². The lowest BCUT2D eigenvalue weighted by atomic mass is 9.95. The summed E-state index contributed by atoms with van der Waals surface area (Å²) >= 11 is 6.64. The number of pyridine rings is 2. The fourth-order valence-corrected chi connectivity index (χ4v) is 9.36. The van der Waals surface area contributed by atoms with Crippen LogP contribution in [0.5, 0.6) is 11.6 Å². The predicted octanol–water partition coefficient (Wildman–Crippen LogP) is 5.63. The number of fused-ring (bicyclic) bond motifs is 10. The molecule has 2 bridgehead atoms. The lowest BCUT2D eigenvalue weighted by molar-refractivity contribution is -0.118. The van der Waals surface area contributed by atoms with Gasteiger partial charge in [0.2, 0.25) is 11.8 Å². The molecule has 4 saturated heterocycles. The van der Waals surface area contributed by atoms with E-state index in [2.05, 4.69) is 20.1 Å². The van der Waals surface area contributed by atoms with Gasteiger partial charge in [0.05, 0.1) is 17.3 Å². The minimum atomic E-state index is -0.619. The first-order chi connectivity index (χ1) is 22.3. The van der Waals surface area contributed by atoms with Gasteiger partial charge in [0.15, 0.2) is 5.82 Å². The maximum atomic E-state index is 17.1. The Labute approximate surface area is 271 Å². The van der Waals surface area contributed by atoms with E-state index >= 15 is 4.39 Å². The molecule has 5 aliphatic heterocycles. The number of carbonyl (C=O) groups excluding carboxylic acids is 1. The molecular formula is C35H36ClFN6O3. The van der Waals surface area contributed by atoms with Crippen LogP contribution in [0.2, 0.25) is 5.02 Å². The minimum absolute atomic E-state index is 0.0128. The molecular weight excluding hydrogens is 607 g/mol. The predicted molar refractivity (Wildman–Crippen MR) is 176 cm³/mol. The van der Waals surface area contributed by atoms with E-state index in [9.17, 15) is 9.90 Å². The molecule has 5 aliphatic rings. The number of nitrogens with one attached hydrogen (secondary N) is 1. The van der Waals surface area contributed by atoms with Crippen molar-refractivity contribution >= 4 is 50.6 Å². The lowest BCUT2D eigenvalue weighted by Gasteiger charge is -2.42. The summed E-state index contributed by atoms with van der Waals surface area (Å²) in [6.07, 6.45) is 8.38. The molecule has 4 aromatic rings. The third-order valence-corrected chi connectivity index (χ3v) is 11.6. The monoisotopic (exact) mass is 642 g/mol. The van der Waals surface area contributed by atoms with Crippen molar-refractivity contribution < 1.29 is 19.0 Å². The standard InChI is InChI=1S/C35H36ClFN6O3/c1-41-27(45)15-26-25-8-7-20(39-25)17-43(26)32-23-16-38-30(22-14-21(44)13-19-5-2-6-24(36)28(19)22)29(37)31(23)40-34(33(32)41)46-18-35-9-3-11-42(35)12-4-10-35/h2,5-6,13-14,16,20,25-26,39,44H,3-4,7-12,15,17-18H2,1H3. The first kappa shape index (κ1) is 28.5. The largest absolute Gasteiger partial charge is 0.508 e.